The average molecular weight is 191 g/mol. The molecule has 0 saturated heterocycles. The first-order valence-corrected chi connectivity index (χ1v) is 5.33. The van der Waals surface area contributed by atoms with E-state index in [1.54, 1.807) is 6.07 Å². The highest BCUT2D eigenvalue weighted by Gasteiger charge is 2.17. The molecule has 0 heterocycles. The van der Waals surface area contributed by atoms with E-state index in [1.165, 1.54) is 17.5 Å². The summed E-state index contributed by atoms with van der Waals surface area (Å²) in [4.78, 5) is 0. The van der Waals surface area contributed by atoms with Gasteiger partial charge >= 0.3 is 0 Å². The summed E-state index contributed by atoms with van der Waals surface area (Å²) < 4.78 is 0. The number of likely N-dealkylation sites (N-methyl/N-ethyl adjacent to an activating group) is 1. The molecule has 1 unspecified atom stereocenters. The van der Waals surface area contributed by atoms with Crippen molar-refractivity contribution in [1.29, 1.82) is 0 Å². The molecule has 0 radical (unpaired) electrons. The quantitative estimate of drug-likeness (QED) is 0.748. The third kappa shape index (κ3) is 1.90. The van der Waals surface area contributed by atoms with Gasteiger partial charge in [0.15, 0.2) is 0 Å². The molecule has 1 aliphatic rings. The number of hydrogen-bond acceptors (Lipinski definition) is 2. The lowest BCUT2D eigenvalue weighted by Gasteiger charge is -2.25. The van der Waals surface area contributed by atoms with Crippen LogP contribution in [-0.2, 0) is 12.8 Å². The van der Waals surface area contributed by atoms with E-state index < -0.39 is 0 Å². The zero-order valence-electron chi connectivity index (χ0n) is 8.59. The molecule has 1 atom stereocenters. The van der Waals surface area contributed by atoms with Gasteiger partial charge < -0.3 is 10.4 Å². The molecule has 0 amide bonds. The highest BCUT2D eigenvalue weighted by atomic mass is 16.3. The maximum Gasteiger partial charge on any atom is 0.115 e. The zero-order chi connectivity index (χ0) is 9.97. The van der Waals surface area contributed by atoms with Crippen molar-refractivity contribution < 1.29 is 5.11 Å². The Balaban J connectivity index is 2.16. The number of aromatic hydroxyl groups is 1. The van der Waals surface area contributed by atoms with E-state index in [0.717, 1.165) is 19.4 Å². The molecule has 1 aromatic rings. The molecule has 2 rings (SSSR count). The summed E-state index contributed by atoms with van der Waals surface area (Å²) in [6.07, 6.45) is 3.40. The second kappa shape index (κ2) is 4.01. The van der Waals surface area contributed by atoms with Gasteiger partial charge in [-0.15, -0.1) is 0 Å². The maximum absolute atomic E-state index is 9.38. The first-order chi connectivity index (χ1) is 6.79. The van der Waals surface area contributed by atoms with E-state index in [9.17, 15) is 5.11 Å². The molecule has 0 fully saturated rings. The van der Waals surface area contributed by atoms with Crippen molar-refractivity contribution in [3.63, 3.8) is 0 Å². The number of rotatable bonds is 2. The molecule has 0 aromatic heterocycles. The van der Waals surface area contributed by atoms with Crippen molar-refractivity contribution in [2.45, 2.75) is 32.2 Å². The lowest BCUT2D eigenvalue weighted by molar-refractivity contribution is 0.457. The Hall–Kier alpha value is -1.02. The Morgan fingerprint density at radius 1 is 1.43 bits per heavy atom. The van der Waals surface area contributed by atoms with Crippen molar-refractivity contribution in [3.8, 4) is 5.75 Å². The summed E-state index contributed by atoms with van der Waals surface area (Å²) in [5.74, 6) is 0.390. The van der Waals surface area contributed by atoms with Crippen LogP contribution in [0, 0.1) is 0 Å². The summed E-state index contributed by atoms with van der Waals surface area (Å²) in [6, 6.07) is 6.33. The molecule has 0 bridgehead atoms. The normalized spacial score (nSPS) is 20.5. The minimum absolute atomic E-state index is 0.390. The fraction of sp³-hybridized carbons (Fsp3) is 0.500. The number of phenols is 1. The van der Waals surface area contributed by atoms with Gasteiger partial charge in [0.2, 0.25) is 0 Å². The van der Waals surface area contributed by atoms with E-state index in [1.807, 2.05) is 12.1 Å². The average Bonchev–Trinajstić information content (AvgIpc) is 2.17. The standard InChI is InChI=1S/C12H17NO/c1-2-13-11-5-3-9-4-6-12(14)8-10(9)7-11/h4,6,8,11,13-14H,2-3,5,7H2,1H3. The first-order valence-electron chi connectivity index (χ1n) is 5.33. The van der Waals surface area contributed by atoms with Crippen LogP contribution in [0.5, 0.6) is 5.75 Å². The molecule has 14 heavy (non-hydrogen) atoms. The zero-order valence-corrected chi connectivity index (χ0v) is 8.59. The van der Waals surface area contributed by atoms with Crippen LogP contribution < -0.4 is 5.32 Å². The number of aryl methyl sites for hydroxylation is 1. The predicted molar refractivity (Wildman–Crippen MR) is 57.6 cm³/mol. The molecule has 2 nitrogen and oxygen atoms in total. The van der Waals surface area contributed by atoms with Crippen molar-refractivity contribution >= 4 is 0 Å². The molecule has 0 aliphatic heterocycles. The fourth-order valence-corrected chi connectivity index (χ4v) is 2.21. The Labute approximate surface area is 85.0 Å². The molecule has 76 valence electrons. The third-order valence-electron chi connectivity index (χ3n) is 2.91. The Morgan fingerprint density at radius 2 is 2.29 bits per heavy atom. The van der Waals surface area contributed by atoms with Crippen LogP contribution in [0.15, 0.2) is 18.2 Å². The minimum Gasteiger partial charge on any atom is -0.508 e. The van der Waals surface area contributed by atoms with Crippen LogP contribution in [0.1, 0.15) is 24.5 Å². The van der Waals surface area contributed by atoms with Gasteiger partial charge in [-0.1, -0.05) is 13.0 Å². The third-order valence-corrected chi connectivity index (χ3v) is 2.91. The topological polar surface area (TPSA) is 32.3 Å². The highest BCUT2D eigenvalue weighted by molar-refractivity contribution is 5.37. The van der Waals surface area contributed by atoms with Crippen molar-refractivity contribution in [2.75, 3.05) is 6.54 Å². The summed E-state index contributed by atoms with van der Waals surface area (Å²) in [7, 11) is 0. The van der Waals surface area contributed by atoms with Crippen LogP contribution in [0.3, 0.4) is 0 Å². The van der Waals surface area contributed by atoms with E-state index in [2.05, 4.69) is 12.2 Å². The highest BCUT2D eigenvalue weighted by Crippen LogP contribution is 2.24. The van der Waals surface area contributed by atoms with Crippen LogP contribution in [0.4, 0.5) is 0 Å². The monoisotopic (exact) mass is 191 g/mol. The molecular weight excluding hydrogens is 174 g/mol. The van der Waals surface area contributed by atoms with E-state index in [4.69, 9.17) is 0 Å². The summed E-state index contributed by atoms with van der Waals surface area (Å²) in [5, 5.41) is 12.8. The fourth-order valence-electron chi connectivity index (χ4n) is 2.21. The van der Waals surface area contributed by atoms with Gasteiger partial charge in [0.1, 0.15) is 5.75 Å². The van der Waals surface area contributed by atoms with E-state index in [-0.39, 0.29) is 0 Å². The van der Waals surface area contributed by atoms with E-state index in [0.29, 0.717) is 11.8 Å². The number of benzene rings is 1. The van der Waals surface area contributed by atoms with Gasteiger partial charge in [-0.05, 0) is 49.1 Å². The smallest absolute Gasteiger partial charge is 0.115 e. The van der Waals surface area contributed by atoms with Gasteiger partial charge in [0.25, 0.3) is 0 Å². The summed E-state index contributed by atoms with van der Waals surface area (Å²) in [6.45, 7) is 3.16. The largest absolute Gasteiger partial charge is 0.508 e. The molecule has 0 saturated carbocycles. The lowest BCUT2D eigenvalue weighted by Crippen LogP contribution is -2.34. The Morgan fingerprint density at radius 3 is 3.07 bits per heavy atom. The van der Waals surface area contributed by atoms with Gasteiger partial charge in [0.05, 0.1) is 0 Å². The molecule has 2 N–H and O–H groups in total. The van der Waals surface area contributed by atoms with Gasteiger partial charge in [-0.2, -0.15) is 0 Å². The number of fused-ring (bicyclic) bond motifs is 1. The Bertz CT molecular complexity index is 322. The maximum atomic E-state index is 9.38. The summed E-state index contributed by atoms with van der Waals surface area (Å²) >= 11 is 0. The molecular formula is C12H17NO. The van der Waals surface area contributed by atoms with Crippen LogP contribution in [0.2, 0.25) is 0 Å². The molecule has 1 aliphatic carbocycles. The van der Waals surface area contributed by atoms with Crippen molar-refractivity contribution in [1.82, 2.24) is 5.32 Å². The van der Waals surface area contributed by atoms with Crippen molar-refractivity contribution in [3.05, 3.63) is 29.3 Å². The lowest BCUT2D eigenvalue weighted by atomic mass is 9.88. The number of phenolic OH excluding ortho intramolecular Hbond substituents is 1. The van der Waals surface area contributed by atoms with Crippen LogP contribution >= 0.6 is 0 Å². The van der Waals surface area contributed by atoms with Gasteiger partial charge in [0, 0.05) is 6.04 Å². The van der Waals surface area contributed by atoms with Crippen LogP contribution in [-0.4, -0.2) is 17.7 Å². The second-order valence-electron chi connectivity index (χ2n) is 3.95. The second-order valence-corrected chi connectivity index (χ2v) is 3.95. The SMILES string of the molecule is CCNC1CCc2ccc(O)cc2C1. The van der Waals surface area contributed by atoms with Gasteiger partial charge in [-0.25, -0.2) is 0 Å². The number of hydrogen-bond donors (Lipinski definition) is 2. The van der Waals surface area contributed by atoms with Crippen LogP contribution in [0.25, 0.3) is 0 Å². The Kier molecular flexibility index (Phi) is 2.73. The van der Waals surface area contributed by atoms with Gasteiger partial charge in [-0.3, -0.25) is 0 Å². The molecule has 0 spiro atoms. The minimum atomic E-state index is 0.390. The summed E-state index contributed by atoms with van der Waals surface area (Å²) in [5.41, 5.74) is 2.71. The molecule has 1 aromatic carbocycles. The predicted octanol–water partition coefficient (Wildman–Crippen LogP) is 1.86. The number of nitrogens with one attached hydrogen (secondary N) is 1. The first kappa shape index (κ1) is 9.53. The van der Waals surface area contributed by atoms with E-state index >= 15 is 0 Å². The molecule has 2 heteroatoms. The van der Waals surface area contributed by atoms with Crippen molar-refractivity contribution in [2.24, 2.45) is 0 Å².